The molecule has 1 aliphatic heterocycles. The molecular formula is C17H30N4. The number of nitrogens with one attached hydrogen (secondary N) is 1. The van der Waals surface area contributed by atoms with Crippen LogP contribution < -0.4 is 10.2 Å². The van der Waals surface area contributed by atoms with E-state index in [1.807, 2.05) is 0 Å². The van der Waals surface area contributed by atoms with Crippen molar-refractivity contribution >= 4 is 11.6 Å². The Morgan fingerprint density at radius 2 is 2.05 bits per heavy atom. The van der Waals surface area contributed by atoms with Gasteiger partial charge >= 0.3 is 0 Å². The molecule has 1 atom stereocenters. The predicted molar refractivity (Wildman–Crippen MR) is 90.0 cm³/mol. The highest BCUT2D eigenvalue weighted by Crippen LogP contribution is 2.30. The minimum atomic E-state index is 0.839. The molecule has 0 aromatic carbocycles. The van der Waals surface area contributed by atoms with E-state index in [1.54, 1.807) is 6.33 Å². The van der Waals surface area contributed by atoms with Gasteiger partial charge < -0.3 is 10.2 Å². The highest BCUT2D eigenvalue weighted by molar-refractivity contribution is 5.59. The van der Waals surface area contributed by atoms with Crippen molar-refractivity contribution in [2.24, 2.45) is 5.92 Å². The van der Waals surface area contributed by atoms with Gasteiger partial charge in [0.25, 0.3) is 0 Å². The molecular weight excluding hydrogens is 260 g/mol. The number of aromatic nitrogens is 2. The van der Waals surface area contributed by atoms with Crippen molar-refractivity contribution in [2.75, 3.05) is 29.9 Å². The van der Waals surface area contributed by atoms with Crippen molar-refractivity contribution < 1.29 is 0 Å². The molecule has 0 radical (unpaired) electrons. The average molecular weight is 290 g/mol. The third-order valence-electron chi connectivity index (χ3n) is 4.25. The van der Waals surface area contributed by atoms with E-state index in [2.05, 4.69) is 41.0 Å². The second-order valence-corrected chi connectivity index (χ2v) is 6.09. The van der Waals surface area contributed by atoms with Gasteiger partial charge in [0.15, 0.2) is 0 Å². The smallest absolute Gasteiger partial charge is 0.137 e. The van der Waals surface area contributed by atoms with Crippen LogP contribution in [-0.2, 0) is 6.42 Å². The molecule has 1 aromatic rings. The summed E-state index contributed by atoms with van der Waals surface area (Å²) in [6.07, 6.45) is 8.96. The third-order valence-corrected chi connectivity index (χ3v) is 4.25. The molecule has 0 saturated carbocycles. The Morgan fingerprint density at radius 3 is 2.76 bits per heavy atom. The second kappa shape index (κ2) is 8.20. The molecule has 1 aromatic heterocycles. The zero-order valence-electron chi connectivity index (χ0n) is 13.9. The Kier molecular flexibility index (Phi) is 6.27. The summed E-state index contributed by atoms with van der Waals surface area (Å²) < 4.78 is 0. The SMILES string of the molecule is CCCNc1ncnc(N2CCC(CCC)C2)c1CCC. The number of anilines is 2. The lowest BCUT2D eigenvalue weighted by Crippen LogP contribution is -2.23. The van der Waals surface area contributed by atoms with Gasteiger partial charge in [-0.15, -0.1) is 0 Å². The summed E-state index contributed by atoms with van der Waals surface area (Å²) in [6.45, 7) is 9.98. The molecule has 1 saturated heterocycles. The monoisotopic (exact) mass is 290 g/mol. The summed E-state index contributed by atoms with van der Waals surface area (Å²) >= 11 is 0. The van der Waals surface area contributed by atoms with E-state index < -0.39 is 0 Å². The second-order valence-electron chi connectivity index (χ2n) is 6.09. The number of nitrogens with zero attached hydrogens (tertiary/aromatic N) is 3. The maximum atomic E-state index is 4.62. The number of hydrogen-bond acceptors (Lipinski definition) is 4. The molecule has 1 unspecified atom stereocenters. The fourth-order valence-electron chi connectivity index (χ4n) is 3.22. The molecule has 0 aliphatic carbocycles. The van der Waals surface area contributed by atoms with Gasteiger partial charge in [-0.2, -0.15) is 0 Å². The lowest BCUT2D eigenvalue weighted by molar-refractivity contribution is 0.529. The van der Waals surface area contributed by atoms with Gasteiger partial charge in [-0.05, 0) is 31.6 Å². The summed E-state index contributed by atoms with van der Waals surface area (Å²) in [4.78, 5) is 11.6. The maximum absolute atomic E-state index is 4.62. The van der Waals surface area contributed by atoms with Crippen LogP contribution in [0.2, 0.25) is 0 Å². The van der Waals surface area contributed by atoms with E-state index in [1.165, 1.54) is 30.6 Å². The fraction of sp³-hybridized carbons (Fsp3) is 0.765. The quantitative estimate of drug-likeness (QED) is 0.789. The van der Waals surface area contributed by atoms with Crippen LogP contribution in [0.4, 0.5) is 11.6 Å². The van der Waals surface area contributed by atoms with Crippen LogP contribution in [0.25, 0.3) is 0 Å². The Hall–Kier alpha value is -1.32. The molecule has 0 bridgehead atoms. The van der Waals surface area contributed by atoms with Crippen LogP contribution in [0.5, 0.6) is 0 Å². The van der Waals surface area contributed by atoms with Crippen molar-refractivity contribution in [3.05, 3.63) is 11.9 Å². The standard InChI is InChI=1S/C17H30N4/c1-4-7-14-9-11-21(12-14)17-15(8-5-2)16(18-10-6-3)19-13-20-17/h13-14H,4-12H2,1-3H3,(H,18,19,20). The summed E-state index contributed by atoms with van der Waals surface area (Å²) in [6, 6.07) is 0. The predicted octanol–water partition coefficient (Wildman–Crippen LogP) is 3.88. The largest absolute Gasteiger partial charge is 0.370 e. The Bertz CT molecular complexity index is 433. The van der Waals surface area contributed by atoms with Crippen molar-refractivity contribution in [2.45, 2.75) is 59.3 Å². The molecule has 0 spiro atoms. The molecule has 4 nitrogen and oxygen atoms in total. The summed E-state index contributed by atoms with van der Waals surface area (Å²) in [5, 5.41) is 3.47. The molecule has 0 amide bonds. The van der Waals surface area contributed by atoms with E-state index in [9.17, 15) is 0 Å². The van der Waals surface area contributed by atoms with Gasteiger partial charge in [-0.25, -0.2) is 9.97 Å². The van der Waals surface area contributed by atoms with Crippen LogP contribution in [0.1, 0.15) is 58.4 Å². The molecule has 1 fully saturated rings. The van der Waals surface area contributed by atoms with Crippen molar-refractivity contribution in [1.82, 2.24) is 9.97 Å². The van der Waals surface area contributed by atoms with Gasteiger partial charge in [0.1, 0.15) is 18.0 Å². The van der Waals surface area contributed by atoms with E-state index >= 15 is 0 Å². The van der Waals surface area contributed by atoms with Crippen molar-refractivity contribution in [1.29, 1.82) is 0 Å². The zero-order chi connectivity index (χ0) is 15.1. The van der Waals surface area contributed by atoms with Crippen LogP contribution >= 0.6 is 0 Å². The molecule has 2 heterocycles. The fourth-order valence-corrected chi connectivity index (χ4v) is 3.22. The molecule has 1 N–H and O–H groups in total. The van der Waals surface area contributed by atoms with Gasteiger partial charge in [0.05, 0.1) is 0 Å². The normalized spacial score (nSPS) is 18.2. The van der Waals surface area contributed by atoms with Crippen LogP contribution in [-0.4, -0.2) is 29.6 Å². The highest BCUT2D eigenvalue weighted by Gasteiger charge is 2.25. The Morgan fingerprint density at radius 1 is 1.19 bits per heavy atom. The minimum absolute atomic E-state index is 0.839. The van der Waals surface area contributed by atoms with Crippen LogP contribution in [0, 0.1) is 5.92 Å². The van der Waals surface area contributed by atoms with Gasteiger partial charge in [0, 0.05) is 25.2 Å². The molecule has 1 aliphatic rings. The van der Waals surface area contributed by atoms with E-state index in [4.69, 9.17) is 0 Å². The first-order valence-corrected chi connectivity index (χ1v) is 8.62. The summed E-state index contributed by atoms with van der Waals surface area (Å²) in [5.74, 6) is 3.05. The summed E-state index contributed by atoms with van der Waals surface area (Å²) in [7, 11) is 0. The zero-order valence-corrected chi connectivity index (χ0v) is 13.9. The Balaban J connectivity index is 2.17. The first kappa shape index (κ1) is 16.1. The molecule has 21 heavy (non-hydrogen) atoms. The molecule has 118 valence electrons. The van der Waals surface area contributed by atoms with E-state index in [0.717, 1.165) is 50.6 Å². The van der Waals surface area contributed by atoms with Crippen LogP contribution in [0.3, 0.4) is 0 Å². The highest BCUT2D eigenvalue weighted by atomic mass is 15.2. The van der Waals surface area contributed by atoms with E-state index in [0.29, 0.717) is 0 Å². The van der Waals surface area contributed by atoms with Gasteiger partial charge in [-0.3, -0.25) is 0 Å². The average Bonchev–Trinajstić information content (AvgIpc) is 2.95. The maximum Gasteiger partial charge on any atom is 0.137 e. The minimum Gasteiger partial charge on any atom is -0.370 e. The van der Waals surface area contributed by atoms with E-state index in [-0.39, 0.29) is 0 Å². The van der Waals surface area contributed by atoms with Crippen molar-refractivity contribution in [3.63, 3.8) is 0 Å². The topological polar surface area (TPSA) is 41.1 Å². The van der Waals surface area contributed by atoms with Gasteiger partial charge in [-0.1, -0.05) is 33.6 Å². The first-order valence-electron chi connectivity index (χ1n) is 8.62. The lowest BCUT2D eigenvalue weighted by Gasteiger charge is -2.22. The van der Waals surface area contributed by atoms with Crippen molar-refractivity contribution in [3.8, 4) is 0 Å². The third kappa shape index (κ3) is 4.08. The molecule has 4 heteroatoms. The van der Waals surface area contributed by atoms with Gasteiger partial charge in [0.2, 0.25) is 0 Å². The first-order chi connectivity index (χ1) is 10.3. The number of hydrogen-bond donors (Lipinski definition) is 1. The molecule has 2 rings (SSSR count). The Labute approximate surface area is 129 Å². The van der Waals surface area contributed by atoms with Crippen LogP contribution in [0.15, 0.2) is 6.33 Å². The number of rotatable bonds is 8. The lowest BCUT2D eigenvalue weighted by atomic mass is 10.0. The summed E-state index contributed by atoms with van der Waals surface area (Å²) in [5.41, 5.74) is 1.31.